The lowest BCUT2D eigenvalue weighted by molar-refractivity contribution is -0.141. The molecule has 5 nitrogen and oxygen atoms in total. The summed E-state index contributed by atoms with van der Waals surface area (Å²) in [5, 5.41) is 4.15. The van der Waals surface area contributed by atoms with Crippen LogP contribution in [0.1, 0.15) is 36.0 Å². The second kappa shape index (κ2) is 6.35. The molecule has 3 rings (SSSR count). The van der Waals surface area contributed by atoms with Crippen molar-refractivity contribution in [3.8, 4) is 0 Å². The predicted molar refractivity (Wildman–Crippen MR) is 78.9 cm³/mol. The zero-order valence-electron chi connectivity index (χ0n) is 13.0. The zero-order chi connectivity index (χ0) is 16.4. The number of H-pyrrole nitrogens is 1. The van der Waals surface area contributed by atoms with Gasteiger partial charge in [-0.3, -0.25) is 4.68 Å². The van der Waals surface area contributed by atoms with Gasteiger partial charge in [-0.05, 0) is 25.5 Å². The number of halogens is 3. The molecule has 1 aliphatic heterocycles. The van der Waals surface area contributed by atoms with E-state index in [1.54, 1.807) is 6.20 Å². The normalized spacial score (nSPS) is 20.1. The molecule has 1 N–H and O–H groups in total. The molecular formula is C15H20F3N5. The summed E-state index contributed by atoms with van der Waals surface area (Å²) in [6.45, 7) is 2.59. The molecule has 0 aromatic carbocycles. The predicted octanol–water partition coefficient (Wildman–Crippen LogP) is 2.58. The highest BCUT2D eigenvalue weighted by atomic mass is 19.4. The number of alkyl halides is 3. The summed E-state index contributed by atoms with van der Waals surface area (Å²) >= 11 is 0. The van der Waals surface area contributed by atoms with E-state index in [0.29, 0.717) is 5.82 Å². The molecule has 1 saturated heterocycles. The van der Waals surface area contributed by atoms with E-state index in [9.17, 15) is 13.2 Å². The number of aryl methyl sites for hydroxylation is 1. The van der Waals surface area contributed by atoms with Crippen molar-refractivity contribution < 1.29 is 13.2 Å². The van der Waals surface area contributed by atoms with Crippen molar-refractivity contribution in [2.75, 3.05) is 19.6 Å². The lowest BCUT2D eigenvalue weighted by atomic mass is 9.97. The summed E-state index contributed by atoms with van der Waals surface area (Å²) in [7, 11) is 1.91. The van der Waals surface area contributed by atoms with Crippen LogP contribution in [0.15, 0.2) is 18.5 Å². The topological polar surface area (TPSA) is 49.7 Å². The smallest absolute Gasteiger partial charge is 0.338 e. The van der Waals surface area contributed by atoms with Gasteiger partial charge in [-0.2, -0.15) is 18.3 Å². The van der Waals surface area contributed by atoms with Gasteiger partial charge >= 0.3 is 6.18 Å². The molecule has 23 heavy (non-hydrogen) atoms. The third-order valence-electron chi connectivity index (χ3n) is 4.40. The molecule has 0 spiro atoms. The van der Waals surface area contributed by atoms with Gasteiger partial charge in [0, 0.05) is 44.4 Å². The number of hydrogen-bond acceptors (Lipinski definition) is 3. The first-order valence-corrected chi connectivity index (χ1v) is 7.75. The highest BCUT2D eigenvalue weighted by Crippen LogP contribution is 2.30. The number of rotatable bonds is 4. The van der Waals surface area contributed by atoms with Crippen molar-refractivity contribution in [2.45, 2.75) is 31.4 Å². The maximum absolute atomic E-state index is 12.7. The molecule has 3 heterocycles. The number of hydrogen-bond donors (Lipinski definition) is 1. The third-order valence-corrected chi connectivity index (χ3v) is 4.40. The first-order chi connectivity index (χ1) is 10.9. The summed E-state index contributed by atoms with van der Waals surface area (Å²) < 4.78 is 39.9. The molecule has 1 atom stereocenters. The fraction of sp³-hybridized carbons (Fsp3) is 0.600. The first-order valence-electron chi connectivity index (χ1n) is 7.75. The van der Waals surface area contributed by atoms with Gasteiger partial charge in [0.15, 0.2) is 0 Å². The molecule has 1 fully saturated rings. The first kappa shape index (κ1) is 16.0. The molecule has 126 valence electrons. The average Bonchev–Trinajstić information content (AvgIpc) is 3.14. The van der Waals surface area contributed by atoms with E-state index < -0.39 is 11.9 Å². The summed E-state index contributed by atoms with van der Waals surface area (Å²) in [5.74, 6) is 0.481. The van der Waals surface area contributed by atoms with E-state index in [1.165, 1.54) is 0 Å². The Hall–Kier alpha value is -1.83. The quantitative estimate of drug-likeness (QED) is 0.939. The van der Waals surface area contributed by atoms with Gasteiger partial charge in [-0.1, -0.05) is 0 Å². The average molecular weight is 327 g/mol. The van der Waals surface area contributed by atoms with E-state index in [-0.39, 0.29) is 5.92 Å². The summed E-state index contributed by atoms with van der Waals surface area (Å²) in [5.41, 5.74) is 0.393. The van der Waals surface area contributed by atoms with Crippen molar-refractivity contribution in [1.82, 2.24) is 24.6 Å². The Morgan fingerprint density at radius 3 is 2.87 bits per heavy atom. The molecule has 1 aliphatic rings. The summed E-state index contributed by atoms with van der Waals surface area (Å²) in [6.07, 6.45) is 1.03. The Kier molecular flexibility index (Phi) is 4.43. The van der Waals surface area contributed by atoms with Crippen molar-refractivity contribution in [2.24, 2.45) is 7.05 Å². The molecule has 2 aromatic rings. The molecule has 0 radical (unpaired) electrons. The Bertz CT molecular complexity index is 646. The Morgan fingerprint density at radius 2 is 2.22 bits per heavy atom. The monoisotopic (exact) mass is 327 g/mol. The largest absolute Gasteiger partial charge is 0.432 e. The molecule has 0 amide bonds. The minimum Gasteiger partial charge on any atom is -0.338 e. The van der Waals surface area contributed by atoms with Gasteiger partial charge in [0.2, 0.25) is 0 Å². The molecule has 0 bridgehead atoms. The van der Waals surface area contributed by atoms with E-state index in [4.69, 9.17) is 0 Å². The number of likely N-dealkylation sites (tertiary alicyclic amines) is 1. The number of nitrogens with zero attached hydrogens (tertiary/aromatic N) is 4. The fourth-order valence-electron chi connectivity index (χ4n) is 3.09. The van der Waals surface area contributed by atoms with Gasteiger partial charge in [0.25, 0.3) is 0 Å². The molecule has 0 saturated carbocycles. The molecule has 0 aliphatic carbocycles. The number of imidazole rings is 1. The van der Waals surface area contributed by atoms with Crippen LogP contribution >= 0.6 is 0 Å². The molecule has 2 aromatic heterocycles. The van der Waals surface area contributed by atoms with Crippen LogP contribution in [0.3, 0.4) is 0 Å². The van der Waals surface area contributed by atoms with Crippen LogP contribution in [-0.4, -0.2) is 44.3 Å². The van der Waals surface area contributed by atoms with Crippen LogP contribution in [0.2, 0.25) is 0 Å². The molecule has 8 heteroatoms. The van der Waals surface area contributed by atoms with Crippen molar-refractivity contribution in [3.63, 3.8) is 0 Å². The lowest BCUT2D eigenvalue weighted by Gasteiger charge is -2.31. The van der Waals surface area contributed by atoms with Crippen LogP contribution < -0.4 is 0 Å². The minimum absolute atomic E-state index is 0.0337. The number of aromatic nitrogens is 4. The molecule has 0 unspecified atom stereocenters. The lowest BCUT2D eigenvalue weighted by Crippen LogP contribution is -2.36. The van der Waals surface area contributed by atoms with Gasteiger partial charge in [0.1, 0.15) is 11.5 Å². The fourth-order valence-corrected chi connectivity index (χ4v) is 3.09. The standard InChI is InChI=1S/C15H20F3N5/c1-22-12(4-6-20-22)5-8-23-7-2-3-11(10-23)14-19-9-13(21-14)15(16,17)18/h4,6,9,11H,2-3,5,7-8,10H2,1H3,(H,19,21)/t11-/m0/s1. The second-order valence-electron chi connectivity index (χ2n) is 6.02. The number of piperidine rings is 1. The van der Waals surface area contributed by atoms with Gasteiger partial charge < -0.3 is 9.88 Å². The number of nitrogens with one attached hydrogen (secondary N) is 1. The maximum atomic E-state index is 12.7. The third kappa shape index (κ3) is 3.74. The highest BCUT2D eigenvalue weighted by molar-refractivity contribution is 5.10. The van der Waals surface area contributed by atoms with Crippen LogP contribution in [0, 0.1) is 0 Å². The zero-order valence-corrected chi connectivity index (χ0v) is 13.0. The van der Waals surface area contributed by atoms with Gasteiger partial charge in [0.05, 0.1) is 6.20 Å². The molecular weight excluding hydrogens is 307 g/mol. The van der Waals surface area contributed by atoms with Gasteiger partial charge in [-0.25, -0.2) is 4.98 Å². The van der Waals surface area contributed by atoms with Crippen molar-refractivity contribution >= 4 is 0 Å². The van der Waals surface area contributed by atoms with Crippen LogP contribution in [0.4, 0.5) is 13.2 Å². The van der Waals surface area contributed by atoms with Crippen molar-refractivity contribution in [1.29, 1.82) is 0 Å². The van der Waals surface area contributed by atoms with Crippen LogP contribution in [0.5, 0.6) is 0 Å². The number of aromatic amines is 1. The minimum atomic E-state index is -4.36. The maximum Gasteiger partial charge on any atom is 0.432 e. The van der Waals surface area contributed by atoms with Crippen LogP contribution in [0.25, 0.3) is 0 Å². The van der Waals surface area contributed by atoms with Crippen LogP contribution in [-0.2, 0) is 19.6 Å². The Balaban J connectivity index is 1.60. The van der Waals surface area contributed by atoms with E-state index in [0.717, 1.165) is 50.8 Å². The van der Waals surface area contributed by atoms with E-state index in [2.05, 4.69) is 20.0 Å². The van der Waals surface area contributed by atoms with E-state index in [1.807, 2.05) is 17.8 Å². The summed E-state index contributed by atoms with van der Waals surface area (Å²) in [6, 6.07) is 1.99. The van der Waals surface area contributed by atoms with Gasteiger partial charge in [-0.15, -0.1) is 0 Å². The SMILES string of the molecule is Cn1nccc1CCN1CCC[C@H](c2ncc(C(F)(F)F)[nH]2)C1. The van der Waals surface area contributed by atoms with E-state index >= 15 is 0 Å². The highest BCUT2D eigenvalue weighted by Gasteiger charge is 2.34. The Labute approximate surface area is 132 Å². The van der Waals surface area contributed by atoms with Crippen molar-refractivity contribution in [3.05, 3.63) is 35.7 Å². The summed E-state index contributed by atoms with van der Waals surface area (Å²) in [4.78, 5) is 8.68. The second-order valence-corrected chi connectivity index (χ2v) is 6.02. The Morgan fingerprint density at radius 1 is 1.39 bits per heavy atom.